The van der Waals surface area contributed by atoms with Crippen LogP contribution in [0, 0.1) is 6.92 Å². The van der Waals surface area contributed by atoms with E-state index in [0.29, 0.717) is 16.0 Å². The Balaban J connectivity index is 2.30. The van der Waals surface area contributed by atoms with Crippen LogP contribution in [0.15, 0.2) is 42.5 Å². The topological polar surface area (TPSA) is 0 Å². The van der Waals surface area contributed by atoms with E-state index >= 15 is 0 Å². The van der Waals surface area contributed by atoms with Gasteiger partial charge in [0.05, 0.1) is 10.0 Å². The molecule has 0 aliphatic rings. The maximum atomic E-state index is 6.27. The summed E-state index contributed by atoms with van der Waals surface area (Å²) in [6, 6.07) is 14.3. The highest BCUT2D eigenvalue weighted by atomic mass is 79.9. The summed E-state index contributed by atoms with van der Waals surface area (Å²) >= 11 is 16.0. The summed E-state index contributed by atoms with van der Waals surface area (Å²) in [5.41, 5.74) is 3.77. The molecule has 2 rings (SSSR count). The van der Waals surface area contributed by atoms with E-state index in [4.69, 9.17) is 23.2 Å². The Hall–Kier alpha value is -0.500. The Morgan fingerprint density at radius 1 is 1.05 bits per heavy atom. The highest BCUT2D eigenvalue weighted by Gasteiger charge is 2.15. The van der Waals surface area contributed by atoms with E-state index in [1.807, 2.05) is 18.2 Å². The lowest BCUT2D eigenvalue weighted by molar-refractivity contribution is 0.769. The van der Waals surface area contributed by atoms with Crippen molar-refractivity contribution >= 4 is 39.1 Å². The number of rotatable bonds is 4. The van der Waals surface area contributed by atoms with Crippen LogP contribution in [-0.2, 0) is 6.42 Å². The predicted molar refractivity (Wildman–Crippen MR) is 87.9 cm³/mol. The second kappa shape index (κ2) is 6.78. The first-order valence-corrected chi connectivity index (χ1v) is 8.05. The first-order valence-electron chi connectivity index (χ1n) is 6.18. The molecule has 1 unspecified atom stereocenters. The van der Waals surface area contributed by atoms with Gasteiger partial charge in [-0.25, -0.2) is 0 Å². The second-order valence-electron chi connectivity index (χ2n) is 4.62. The van der Waals surface area contributed by atoms with Crippen molar-refractivity contribution in [2.45, 2.75) is 19.3 Å². The van der Waals surface area contributed by atoms with Crippen LogP contribution in [0.4, 0.5) is 0 Å². The summed E-state index contributed by atoms with van der Waals surface area (Å²) in [5.74, 6) is 0.400. The normalized spacial score (nSPS) is 12.4. The van der Waals surface area contributed by atoms with Crippen LogP contribution in [0.1, 0.15) is 22.6 Å². The van der Waals surface area contributed by atoms with Crippen molar-refractivity contribution in [2.75, 3.05) is 5.33 Å². The smallest absolute Gasteiger partial charge is 0.0624 e. The highest BCUT2D eigenvalue weighted by Crippen LogP contribution is 2.31. The fourth-order valence-electron chi connectivity index (χ4n) is 2.26. The van der Waals surface area contributed by atoms with Gasteiger partial charge in [0.2, 0.25) is 0 Å². The molecule has 0 aromatic heterocycles. The van der Waals surface area contributed by atoms with Gasteiger partial charge in [-0.2, -0.15) is 0 Å². The summed E-state index contributed by atoms with van der Waals surface area (Å²) in [5, 5.41) is 2.20. The zero-order valence-electron chi connectivity index (χ0n) is 10.7. The molecule has 0 heterocycles. The van der Waals surface area contributed by atoms with Gasteiger partial charge in [-0.05, 0) is 42.0 Å². The third-order valence-corrected chi connectivity index (χ3v) is 4.95. The van der Waals surface area contributed by atoms with E-state index in [9.17, 15) is 0 Å². The van der Waals surface area contributed by atoms with Crippen molar-refractivity contribution in [3.05, 3.63) is 69.2 Å². The Bertz CT molecular complexity index is 566. The molecule has 3 heteroatoms. The zero-order chi connectivity index (χ0) is 13.8. The van der Waals surface area contributed by atoms with Crippen molar-refractivity contribution in [3.63, 3.8) is 0 Å². The van der Waals surface area contributed by atoms with E-state index in [2.05, 4.69) is 47.1 Å². The van der Waals surface area contributed by atoms with Crippen LogP contribution in [-0.4, -0.2) is 5.33 Å². The van der Waals surface area contributed by atoms with Gasteiger partial charge in [0, 0.05) is 5.33 Å². The number of aryl methyl sites for hydroxylation is 1. The zero-order valence-corrected chi connectivity index (χ0v) is 13.8. The van der Waals surface area contributed by atoms with Crippen LogP contribution < -0.4 is 0 Å². The number of hydrogen-bond acceptors (Lipinski definition) is 0. The number of halogens is 3. The molecule has 0 amide bonds. The molecule has 19 heavy (non-hydrogen) atoms. The minimum absolute atomic E-state index is 0.400. The Morgan fingerprint density at radius 3 is 2.47 bits per heavy atom. The first kappa shape index (κ1) is 14.9. The molecule has 0 nitrogen and oxygen atoms in total. The minimum Gasteiger partial charge on any atom is -0.0921 e. The number of benzene rings is 2. The largest absolute Gasteiger partial charge is 0.0921 e. The van der Waals surface area contributed by atoms with Gasteiger partial charge < -0.3 is 0 Å². The van der Waals surface area contributed by atoms with Gasteiger partial charge in [-0.3, -0.25) is 0 Å². The Labute approximate surface area is 132 Å². The lowest BCUT2D eigenvalue weighted by Crippen LogP contribution is -2.06. The van der Waals surface area contributed by atoms with Gasteiger partial charge in [0.1, 0.15) is 0 Å². The molecular weight excluding hydrogens is 343 g/mol. The van der Waals surface area contributed by atoms with Crippen LogP contribution in [0.2, 0.25) is 10.0 Å². The summed E-state index contributed by atoms with van der Waals surface area (Å²) in [6.07, 6.45) is 0.884. The molecule has 100 valence electrons. The number of hydrogen-bond donors (Lipinski definition) is 0. The lowest BCUT2D eigenvalue weighted by Gasteiger charge is -2.18. The lowest BCUT2D eigenvalue weighted by atomic mass is 9.91. The fraction of sp³-hybridized carbons (Fsp3) is 0.250. The molecule has 0 fully saturated rings. The minimum atomic E-state index is 0.400. The maximum Gasteiger partial charge on any atom is 0.0624 e. The van der Waals surface area contributed by atoms with Gasteiger partial charge in [0.15, 0.2) is 0 Å². The second-order valence-corrected chi connectivity index (χ2v) is 6.06. The van der Waals surface area contributed by atoms with E-state index in [1.165, 1.54) is 11.1 Å². The number of alkyl halides is 1. The first-order chi connectivity index (χ1) is 9.13. The van der Waals surface area contributed by atoms with Gasteiger partial charge in [-0.1, -0.05) is 75.5 Å². The van der Waals surface area contributed by atoms with Gasteiger partial charge >= 0.3 is 0 Å². The van der Waals surface area contributed by atoms with Crippen molar-refractivity contribution in [1.29, 1.82) is 0 Å². The Morgan fingerprint density at radius 2 is 1.79 bits per heavy atom. The van der Waals surface area contributed by atoms with E-state index in [-0.39, 0.29) is 0 Å². The van der Waals surface area contributed by atoms with E-state index in [0.717, 1.165) is 17.3 Å². The third kappa shape index (κ3) is 3.53. The molecule has 0 aliphatic carbocycles. The molecule has 0 radical (unpaired) electrons. The fourth-order valence-corrected chi connectivity index (χ4v) is 3.24. The molecule has 0 saturated carbocycles. The molecule has 0 spiro atoms. The summed E-state index contributed by atoms with van der Waals surface area (Å²) in [4.78, 5) is 0. The van der Waals surface area contributed by atoms with Crippen molar-refractivity contribution in [2.24, 2.45) is 0 Å². The Kier molecular flexibility index (Phi) is 5.32. The van der Waals surface area contributed by atoms with Gasteiger partial charge in [-0.15, -0.1) is 0 Å². The molecule has 2 aromatic rings. The quantitative estimate of drug-likeness (QED) is 0.586. The SMILES string of the molecule is Cc1ccccc1C(CBr)Cc1cccc(Cl)c1Cl. The average molecular weight is 358 g/mol. The maximum absolute atomic E-state index is 6.27. The van der Waals surface area contributed by atoms with Crippen molar-refractivity contribution < 1.29 is 0 Å². The van der Waals surface area contributed by atoms with Crippen LogP contribution >= 0.6 is 39.1 Å². The van der Waals surface area contributed by atoms with Crippen LogP contribution in [0.25, 0.3) is 0 Å². The van der Waals surface area contributed by atoms with E-state index < -0.39 is 0 Å². The molecule has 1 atom stereocenters. The molecule has 0 aliphatic heterocycles. The molecule has 0 N–H and O–H groups in total. The van der Waals surface area contributed by atoms with Crippen LogP contribution in [0.5, 0.6) is 0 Å². The summed E-state index contributed by atoms with van der Waals surface area (Å²) < 4.78 is 0. The molecule has 2 aromatic carbocycles. The summed E-state index contributed by atoms with van der Waals surface area (Å²) in [7, 11) is 0. The average Bonchev–Trinajstić information content (AvgIpc) is 2.41. The summed E-state index contributed by atoms with van der Waals surface area (Å²) in [6.45, 7) is 2.14. The van der Waals surface area contributed by atoms with E-state index in [1.54, 1.807) is 0 Å². The molecule has 0 saturated heterocycles. The monoisotopic (exact) mass is 356 g/mol. The molecule has 0 bridgehead atoms. The molecular formula is C16H15BrCl2. The van der Waals surface area contributed by atoms with Crippen LogP contribution in [0.3, 0.4) is 0 Å². The standard InChI is InChI=1S/C16H15BrCl2/c1-11-5-2-3-7-14(11)13(10-17)9-12-6-4-8-15(18)16(12)19/h2-8,13H,9-10H2,1H3. The van der Waals surface area contributed by atoms with Crippen molar-refractivity contribution in [3.8, 4) is 0 Å². The predicted octanol–water partition coefficient (Wildman–Crippen LogP) is 6.02. The third-order valence-electron chi connectivity index (χ3n) is 3.31. The van der Waals surface area contributed by atoms with Gasteiger partial charge in [0.25, 0.3) is 0 Å². The highest BCUT2D eigenvalue weighted by molar-refractivity contribution is 9.09. The van der Waals surface area contributed by atoms with Crippen molar-refractivity contribution in [1.82, 2.24) is 0 Å².